The molecular weight excluding hydrogens is 402 g/mol. The van der Waals surface area contributed by atoms with Crippen LogP contribution in [0.4, 0.5) is 0 Å². The van der Waals surface area contributed by atoms with Crippen molar-refractivity contribution in [2.75, 3.05) is 20.0 Å². The first-order valence-electron chi connectivity index (χ1n) is 10.4. The minimum absolute atomic E-state index is 0.154. The Kier molecular flexibility index (Phi) is 6.75. The topological polar surface area (TPSA) is 76.1 Å². The number of hydrogen-bond acceptors (Lipinski definition) is 6. The summed E-state index contributed by atoms with van der Waals surface area (Å²) in [6.45, 7) is 4.00. The first kappa shape index (κ1) is 22.6. The van der Waals surface area contributed by atoms with E-state index in [-0.39, 0.29) is 10.6 Å². The van der Waals surface area contributed by atoms with Gasteiger partial charge in [-0.1, -0.05) is 57.0 Å². The Hall–Kier alpha value is -2.09. The number of fused-ring (bicyclic) bond motifs is 1. The predicted molar refractivity (Wildman–Crippen MR) is 116 cm³/mol. The maximum Gasteiger partial charge on any atom is 0.180 e. The average Bonchev–Trinajstić information content (AvgIpc) is 2.83. The van der Waals surface area contributed by atoms with Gasteiger partial charge in [0, 0.05) is 6.07 Å². The van der Waals surface area contributed by atoms with E-state index in [1.165, 1.54) is 25.3 Å². The van der Waals surface area contributed by atoms with Gasteiger partial charge >= 0.3 is 0 Å². The Balaban J connectivity index is 2.34. The van der Waals surface area contributed by atoms with Crippen molar-refractivity contribution in [3.05, 3.63) is 53.6 Å². The molecule has 1 aliphatic heterocycles. The van der Waals surface area contributed by atoms with E-state index < -0.39 is 21.4 Å². The number of ether oxygens (including phenoxy) is 2. The number of rotatable bonds is 7. The van der Waals surface area contributed by atoms with Crippen LogP contribution in [0.3, 0.4) is 0 Å². The highest BCUT2D eigenvalue weighted by molar-refractivity contribution is 7.91. The standard InChI is InChI=1S/C23H31NO5S/c1-5-7-13-23(6-2)16-30(26,27)21-15-20(29-4)19(28-3)14-18(21)22(24(23)25)17-11-9-8-10-12-17/h8-12,14-15,22,25H,5-7,13,16H2,1-4H3/t22-,23+/m1/s1. The molecule has 6 nitrogen and oxygen atoms in total. The van der Waals surface area contributed by atoms with Crippen molar-refractivity contribution in [2.45, 2.75) is 56.0 Å². The monoisotopic (exact) mass is 433 g/mol. The van der Waals surface area contributed by atoms with Gasteiger partial charge in [-0.05, 0) is 30.0 Å². The van der Waals surface area contributed by atoms with E-state index in [0.29, 0.717) is 29.9 Å². The molecule has 0 radical (unpaired) electrons. The number of sulfone groups is 1. The number of hydroxylamine groups is 2. The summed E-state index contributed by atoms with van der Waals surface area (Å²) in [6.07, 6.45) is 2.83. The Morgan fingerprint density at radius 1 is 1.10 bits per heavy atom. The van der Waals surface area contributed by atoms with Crippen LogP contribution in [-0.4, -0.2) is 44.2 Å². The zero-order valence-corrected chi connectivity index (χ0v) is 18.9. The Labute approximate surface area is 179 Å². The van der Waals surface area contributed by atoms with Crippen molar-refractivity contribution in [2.24, 2.45) is 0 Å². The van der Waals surface area contributed by atoms with Crippen molar-refractivity contribution in [3.63, 3.8) is 0 Å². The summed E-state index contributed by atoms with van der Waals surface area (Å²) in [5.41, 5.74) is 0.419. The second kappa shape index (κ2) is 8.96. The summed E-state index contributed by atoms with van der Waals surface area (Å²) in [4.78, 5) is 0.180. The molecule has 2 aromatic rings. The molecule has 0 amide bonds. The third-order valence-electron chi connectivity index (χ3n) is 6.10. The molecule has 2 aromatic carbocycles. The van der Waals surface area contributed by atoms with Gasteiger partial charge in [-0.15, -0.1) is 0 Å². The second-order valence-electron chi connectivity index (χ2n) is 7.84. The maximum absolute atomic E-state index is 13.6. The zero-order valence-electron chi connectivity index (χ0n) is 18.1. The third kappa shape index (κ3) is 3.94. The molecule has 0 saturated carbocycles. The van der Waals surface area contributed by atoms with Crippen LogP contribution in [0.5, 0.6) is 11.5 Å². The number of unbranched alkanes of at least 4 members (excludes halogenated alkanes) is 1. The molecule has 3 rings (SSSR count). The maximum atomic E-state index is 13.6. The van der Waals surface area contributed by atoms with E-state index in [1.807, 2.05) is 37.3 Å². The lowest BCUT2D eigenvalue weighted by molar-refractivity contribution is -0.193. The van der Waals surface area contributed by atoms with Gasteiger partial charge in [-0.3, -0.25) is 0 Å². The molecule has 0 spiro atoms. The van der Waals surface area contributed by atoms with Crippen LogP contribution >= 0.6 is 0 Å². The quantitative estimate of drug-likeness (QED) is 0.687. The first-order chi connectivity index (χ1) is 14.3. The molecule has 1 N–H and O–H groups in total. The minimum atomic E-state index is -3.70. The molecule has 0 fully saturated rings. The van der Waals surface area contributed by atoms with Crippen LogP contribution in [0.1, 0.15) is 56.7 Å². The molecule has 0 aromatic heterocycles. The van der Waals surface area contributed by atoms with Crippen molar-refractivity contribution < 1.29 is 23.1 Å². The first-order valence-corrected chi connectivity index (χ1v) is 12.0. The van der Waals surface area contributed by atoms with Gasteiger partial charge in [0.15, 0.2) is 21.3 Å². The number of benzene rings is 2. The molecule has 2 atom stereocenters. The van der Waals surface area contributed by atoms with Gasteiger partial charge in [0.1, 0.15) is 0 Å². The highest BCUT2D eigenvalue weighted by Crippen LogP contribution is 2.47. The van der Waals surface area contributed by atoms with E-state index in [0.717, 1.165) is 18.4 Å². The summed E-state index contributed by atoms with van der Waals surface area (Å²) >= 11 is 0. The number of nitrogens with zero attached hydrogens (tertiary/aromatic N) is 1. The van der Waals surface area contributed by atoms with Crippen molar-refractivity contribution in [1.29, 1.82) is 0 Å². The van der Waals surface area contributed by atoms with E-state index in [4.69, 9.17) is 9.47 Å². The number of hydrogen-bond donors (Lipinski definition) is 1. The largest absolute Gasteiger partial charge is 0.493 e. The lowest BCUT2D eigenvalue weighted by atomic mass is 9.87. The lowest BCUT2D eigenvalue weighted by Crippen LogP contribution is -2.51. The fourth-order valence-electron chi connectivity index (χ4n) is 4.35. The second-order valence-corrected chi connectivity index (χ2v) is 9.80. The van der Waals surface area contributed by atoms with E-state index in [9.17, 15) is 13.6 Å². The van der Waals surface area contributed by atoms with Crippen molar-refractivity contribution >= 4 is 9.84 Å². The third-order valence-corrected chi connectivity index (χ3v) is 8.05. The molecule has 0 saturated heterocycles. The summed E-state index contributed by atoms with van der Waals surface area (Å²) in [6, 6.07) is 12.1. The van der Waals surface area contributed by atoms with Gasteiger partial charge in [0.25, 0.3) is 0 Å². The molecule has 164 valence electrons. The predicted octanol–water partition coefficient (Wildman–Crippen LogP) is 4.61. The molecule has 30 heavy (non-hydrogen) atoms. The molecule has 0 bridgehead atoms. The highest BCUT2D eigenvalue weighted by atomic mass is 32.2. The molecule has 1 aliphatic rings. The summed E-state index contributed by atoms with van der Waals surface area (Å²) in [5.74, 6) is 0.630. The summed E-state index contributed by atoms with van der Waals surface area (Å²) in [5, 5.41) is 12.9. The van der Waals surface area contributed by atoms with Gasteiger partial charge in [0.2, 0.25) is 0 Å². The van der Waals surface area contributed by atoms with Crippen LogP contribution in [0.15, 0.2) is 47.4 Å². The Bertz CT molecular complexity index is 977. The average molecular weight is 434 g/mol. The fourth-order valence-corrected chi connectivity index (χ4v) is 6.51. The van der Waals surface area contributed by atoms with Gasteiger partial charge in [0.05, 0.1) is 36.4 Å². The molecule has 7 heteroatoms. The Morgan fingerprint density at radius 2 is 1.73 bits per heavy atom. The van der Waals surface area contributed by atoms with Crippen LogP contribution in [0, 0.1) is 0 Å². The van der Waals surface area contributed by atoms with Crippen LogP contribution in [0.2, 0.25) is 0 Å². The minimum Gasteiger partial charge on any atom is -0.493 e. The van der Waals surface area contributed by atoms with Crippen molar-refractivity contribution in [1.82, 2.24) is 5.06 Å². The van der Waals surface area contributed by atoms with Crippen LogP contribution < -0.4 is 9.47 Å². The molecule has 1 heterocycles. The highest BCUT2D eigenvalue weighted by Gasteiger charge is 2.48. The summed E-state index contributed by atoms with van der Waals surface area (Å²) < 4.78 is 38.0. The molecular formula is C23H31NO5S. The van der Waals surface area contributed by atoms with E-state index in [2.05, 4.69) is 6.92 Å². The normalized spacial score (nSPS) is 23.4. The SMILES string of the molecule is CCCC[C@@]1(CC)CS(=O)(=O)c2cc(OC)c(OC)cc2[C@@H](c2ccccc2)N1O. The Morgan fingerprint density at radius 3 is 2.30 bits per heavy atom. The fraction of sp³-hybridized carbons (Fsp3) is 0.478. The van der Waals surface area contributed by atoms with Crippen LogP contribution in [-0.2, 0) is 9.84 Å². The van der Waals surface area contributed by atoms with E-state index in [1.54, 1.807) is 6.07 Å². The lowest BCUT2D eigenvalue weighted by Gasteiger charge is -2.42. The van der Waals surface area contributed by atoms with E-state index >= 15 is 0 Å². The van der Waals surface area contributed by atoms with Crippen LogP contribution in [0.25, 0.3) is 0 Å². The molecule has 0 aliphatic carbocycles. The smallest absolute Gasteiger partial charge is 0.180 e. The van der Waals surface area contributed by atoms with Gasteiger partial charge in [-0.25, -0.2) is 8.42 Å². The zero-order chi connectivity index (χ0) is 21.9. The van der Waals surface area contributed by atoms with Gasteiger partial charge < -0.3 is 14.7 Å². The molecule has 0 unspecified atom stereocenters. The van der Waals surface area contributed by atoms with Gasteiger partial charge in [-0.2, -0.15) is 5.06 Å². The summed E-state index contributed by atoms with van der Waals surface area (Å²) in [7, 11) is -0.698. The number of methoxy groups -OCH3 is 2. The van der Waals surface area contributed by atoms with Crippen molar-refractivity contribution in [3.8, 4) is 11.5 Å².